The van der Waals surface area contributed by atoms with Gasteiger partial charge in [-0.2, -0.15) is 15.5 Å². The number of hydrogen-bond acceptors (Lipinski definition) is 8. The second-order valence-electron chi connectivity index (χ2n) is 6.28. The average Bonchev–Trinajstić information content (AvgIpc) is 3.17. The molecule has 0 atom stereocenters. The fourth-order valence-electron chi connectivity index (χ4n) is 2.15. The molecule has 1 N–H and O–H groups in total. The van der Waals surface area contributed by atoms with Crippen molar-refractivity contribution in [3.8, 4) is 12.1 Å². The van der Waals surface area contributed by atoms with E-state index in [1.807, 2.05) is 12.1 Å². The molecule has 0 aromatic carbocycles. The molecule has 0 saturated carbocycles. The second-order valence-corrected chi connectivity index (χ2v) is 7.24. The third kappa shape index (κ3) is 4.01. The average molecular weight is 356 g/mol. The maximum absolute atomic E-state index is 8.96. The first kappa shape index (κ1) is 18.6. The fourth-order valence-corrected chi connectivity index (χ4v) is 3.38. The van der Waals surface area contributed by atoms with Gasteiger partial charge in [0.15, 0.2) is 21.5 Å². The van der Waals surface area contributed by atoms with Gasteiger partial charge in [0.25, 0.3) is 0 Å². The molecule has 0 saturated heterocycles. The number of aromatic amines is 1. The minimum atomic E-state index is -0.185. The highest BCUT2D eigenvalue weighted by atomic mass is 32.1. The number of hydrogen-bond donors (Lipinski definition) is 1. The molecule has 2 rings (SSSR count). The normalized spacial score (nSPS) is 11.5. The SMILES string of the molecule is CCN(CC)c1nc(C(C)(C)C)c(N=Nc2nc(C#N)c(C#N)[nH]2)s1. The van der Waals surface area contributed by atoms with Crippen LogP contribution in [0.5, 0.6) is 0 Å². The van der Waals surface area contributed by atoms with E-state index in [0.29, 0.717) is 5.00 Å². The predicted octanol–water partition coefficient (Wildman–Crippen LogP) is 4.17. The molecule has 130 valence electrons. The van der Waals surface area contributed by atoms with Crippen LogP contribution in [0.25, 0.3) is 0 Å². The van der Waals surface area contributed by atoms with Crippen LogP contribution < -0.4 is 4.90 Å². The van der Waals surface area contributed by atoms with Gasteiger partial charge < -0.3 is 9.88 Å². The second kappa shape index (κ2) is 7.41. The van der Waals surface area contributed by atoms with Crippen molar-refractivity contribution >= 4 is 27.4 Å². The lowest BCUT2D eigenvalue weighted by molar-refractivity contribution is 0.573. The molecule has 0 amide bonds. The Bertz CT molecular complexity index is 821. The molecule has 0 aliphatic carbocycles. The van der Waals surface area contributed by atoms with Crippen LogP contribution in [0.15, 0.2) is 10.2 Å². The Morgan fingerprint density at radius 1 is 1.12 bits per heavy atom. The zero-order valence-corrected chi connectivity index (χ0v) is 15.8. The Kier molecular flexibility index (Phi) is 5.50. The number of nitrogens with zero attached hydrogens (tertiary/aromatic N) is 7. The topological polar surface area (TPSA) is 117 Å². The minimum absolute atomic E-state index is 0.0145. The van der Waals surface area contributed by atoms with Crippen molar-refractivity contribution in [2.24, 2.45) is 10.2 Å². The minimum Gasteiger partial charge on any atom is -0.349 e. The summed E-state index contributed by atoms with van der Waals surface area (Å²) in [6.07, 6.45) is 0. The van der Waals surface area contributed by atoms with Crippen LogP contribution in [-0.2, 0) is 5.41 Å². The highest BCUT2D eigenvalue weighted by molar-refractivity contribution is 7.19. The number of rotatable bonds is 5. The third-order valence-corrected chi connectivity index (χ3v) is 4.49. The molecular weight excluding hydrogens is 336 g/mol. The van der Waals surface area contributed by atoms with E-state index in [-0.39, 0.29) is 22.8 Å². The Balaban J connectivity index is 2.43. The first-order valence-electron chi connectivity index (χ1n) is 7.92. The summed E-state index contributed by atoms with van der Waals surface area (Å²) in [7, 11) is 0. The van der Waals surface area contributed by atoms with E-state index < -0.39 is 0 Å². The first-order valence-corrected chi connectivity index (χ1v) is 8.73. The molecule has 0 aliphatic heterocycles. The van der Waals surface area contributed by atoms with Crippen LogP contribution in [0.2, 0.25) is 0 Å². The van der Waals surface area contributed by atoms with Gasteiger partial charge in [-0.25, -0.2) is 4.98 Å². The number of azo groups is 1. The lowest BCUT2D eigenvalue weighted by atomic mass is 9.93. The summed E-state index contributed by atoms with van der Waals surface area (Å²) in [4.78, 5) is 13.5. The summed E-state index contributed by atoms with van der Waals surface area (Å²) >= 11 is 1.47. The molecule has 0 unspecified atom stereocenters. The zero-order chi connectivity index (χ0) is 18.6. The number of anilines is 1. The molecule has 2 heterocycles. The smallest absolute Gasteiger partial charge is 0.249 e. The van der Waals surface area contributed by atoms with Gasteiger partial charge in [0.05, 0.1) is 5.69 Å². The zero-order valence-electron chi connectivity index (χ0n) is 15.0. The van der Waals surface area contributed by atoms with E-state index in [9.17, 15) is 0 Å². The molecule has 25 heavy (non-hydrogen) atoms. The van der Waals surface area contributed by atoms with Gasteiger partial charge in [-0.05, 0) is 13.8 Å². The maximum atomic E-state index is 8.96. The lowest BCUT2D eigenvalue weighted by Crippen LogP contribution is -2.22. The van der Waals surface area contributed by atoms with E-state index in [4.69, 9.17) is 15.5 Å². The number of nitrogens with one attached hydrogen (secondary N) is 1. The summed E-state index contributed by atoms with van der Waals surface area (Å²) < 4.78 is 0. The van der Waals surface area contributed by atoms with E-state index in [1.54, 1.807) is 0 Å². The van der Waals surface area contributed by atoms with Crippen molar-refractivity contribution in [2.45, 2.75) is 40.0 Å². The quantitative estimate of drug-likeness (QED) is 0.807. The van der Waals surface area contributed by atoms with E-state index in [2.05, 4.69) is 59.7 Å². The van der Waals surface area contributed by atoms with Crippen molar-refractivity contribution in [2.75, 3.05) is 18.0 Å². The van der Waals surface area contributed by atoms with Crippen LogP contribution in [-0.4, -0.2) is 28.0 Å². The van der Waals surface area contributed by atoms with E-state index in [0.717, 1.165) is 23.9 Å². The molecule has 9 heteroatoms. The standard InChI is InChI=1S/C16H20N8S/c1-6-24(7-2)15-21-12(16(3,4)5)13(25-15)22-23-14-19-10(8-17)11(9-18)20-14/h6-7H2,1-5H3,(H,19,20). The molecule has 0 radical (unpaired) electrons. The van der Waals surface area contributed by atoms with Crippen molar-refractivity contribution in [3.05, 3.63) is 17.1 Å². The van der Waals surface area contributed by atoms with Gasteiger partial charge in [-0.3, -0.25) is 0 Å². The third-order valence-electron chi connectivity index (χ3n) is 3.49. The maximum Gasteiger partial charge on any atom is 0.249 e. The summed E-state index contributed by atoms with van der Waals surface area (Å²) in [5.41, 5.74) is 0.770. The van der Waals surface area contributed by atoms with Gasteiger partial charge in [0, 0.05) is 18.5 Å². The molecule has 0 spiro atoms. The Hall–Kier alpha value is -2.78. The van der Waals surface area contributed by atoms with Crippen LogP contribution in [0.4, 0.5) is 16.1 Å². The summed E-state index contributed by atoms with van der Waals surface area (Å²) in [5.74, 6) is 0.130. The molecular formula is C16H20N8S. The van der Waals surface area contributed by atoms with Gasteiger partial charge >= 0.3 is 0 Å². The largest absolute Gasteiger partial charge is 0.349 e. The number of thiazole rings is 1. The Morgan fingerprint density at radius 3 is 2.28 bits per heavy atom. The van der Waals surface area contributed by atoms with Crippen molar-refractivity contribution in [1.29, 1.82) is 10.5 Å². The van der Waals surface area contributed by atoms with E-state index in [1.165, 1.54) is 11.3 Å². The lowest BCUT2D eigenvalue weighted by Gasteiger charge is -2.18. The molecule has 2 aromatic rings. The molecule has 2 aromatic heterocycles. The van der Waals surface area contributed by atoms with Crippen molar-refractivity contribution in [3.63, 3.8) is 0 Å². The highest BCUT2D eigenvalue weighted by Crippen LogP contribution is 2.40. The van der Waals surface area contributed by atoms with Gasteiger partial charge in [0.1, 0.15) is 12.1 Å². The Labute approximate surface area is 150 Å². The summed E-state index contributed by atoms with van der Waals surface area (Å²) in [6.45, 7) is 12.1. The van der Waals surface area contributed by atoms with Gasteiger partial charge in [0.2, 0.25) is 5.95 Å². The summed E-state index contributed by atoms with van der Waals surface area (Å²) in [5, 5.41) is 27.8. The van der Waals surface area contributed by atoms with Crippen LogP contribution in [0.3, 0.4) is 0 Å². The van der Waals surface area contributed by atoms with Crippen molar-refractivity contribution in [1.82, 2.24) is 15.0 Å². The predicted molar refractivity (Wildman–Crippen MR) is 96.6 cm³/mol. The van der Waals surface area contributed by atoms with E-state index >= 15 is 0 Å². The molecule has 0 fully saturated rings. The highest BCUT2D eigenvalue weighted by Gasteiger charge is 2.25. The number of H-pyrrole nitrogens is 1. The monoisotopic (exact) mass is 356 g/mol. The van der Waals surface area contributed by atoms with Gasteiger partial charge in [-0.1, -0.05) is 32.1 Å². The fraction of sp³-hybridized carbons (Fsp3) is 0.500. The van der Waals surface area contributed by atoms with Gasteiger partial charge in [-0.15, -0.1) is 10.2 Å². The van der Waals surface area contributed by atoms with Crippen molar-refractivity contribution < 1.29 is 0 Å². The van der Waals surface area contributed by atoms with Crippen LogP contribution in [0, 0.1) is 22.7 Å². The van der Waals surface area contributed by atoms with Crippen LogP contribution in [0.1, 0.15) is 51.7 Å². The molecule has 0 aliphatic rings. The van der Waals surface area contributed by atoms with Crippen LogP contribution >= 0.6 is 11.3 Å². The molecule has 8 nitrogen and oxygen atoms in total. The number of imidazole rings is 1. The number of aromatic nitrogens is 3. The molecule has 0 bridgehead atoms. The first-order chi connectivity index (χ1) is 11.8. The Morgan fingerprint density at radius 2 is 1.80 bits per heavy atom. The number of nitriles is 2. The summed E-state index contributed by atoms with van der Waals surface area (Å²) in [6, 6.07) is 3.73.